The van der Waals surface area contributed by atoms with Gasteiger partial charge in [-0.1, -0.05) is 11.6 Å². The molecule has 2 amide bonds. The maximum atomic E-state index is 13.7. The summed E-state index contributed by atoms with van der Waals surface area (Å²) in [5, 5.41) is 7.22. The molecule has 7 heteroatoms. The number of aromatic nitrogens is 1. The number of rotatable bonds is 5. The van der Waals surface area contributed by atoms with Crippen molar-refractivity contribution in [3.8, 4) is 0 Å². The number of carbonyl (C=O) groups excluding carboxylic acids is 1. The number of hydrogen-bond donors (Lipinski definition) is 2. The fourth-order valence-corrected chi connectivity index (χ4v) is 4.07. The zero-order chi connectivity index (χ0) is 20.9. The van der Waals surface area contributed by atoms with Gasteiger partial charge in [-0.2, -0.15) is 0 Å². The molecule has 0 bridgehead atoms. The molecule has 0 spiro atoms. The minimum absolute atomic E-state index is 0.208. The third-order valence-electron chi connectivity index (χ3n) is 5.58. The number of fused-ring (bicyclic) bond motifs is 1. The number of nitrogens with one attached hydrogen (secondary N) is 2. The highest BCUT2D eigenvalue weighted by molar-refractivity contribution is 6.30. The summed E-state index contributed by atoms with van der Waals surface area (Å²) in [5.41, 5.74) is 2.57. The molecule has 156 valence electrons. The van der Waals surface area contributed by atoms with Gasteiger partial charge in [0.25, 0.3) is 0 Å². The van der Waals surface area contributed by atoms with Crippen molar-refractivity contribution in [3.63, 3.8) is 0 Å². The van der Waals surface area contributed by atoms with Gasteiger partial charge in [0, 0.05) is 47.6 Å². The van der Waals surface area contributed by atoms with Gasteiger partial charge in [-0.25, -0.2) is 9.18 Å². The molecule has 1 saturated heterocycles. The first-order chi connectivity index (χ1) is 14.6. The molecule has 5 nitrogen and oxygen atoms in total. The van der Waals surface area contributed by atoms with Crippen LogP contribution >= 0.6 is 11.6 Å². The minimum Gasteiger partial charge on any atom is -0.371 e. The van der Waals surface area contributed by atoms with Crippen LogP contribution in [0.1, 0.15) is 19.3 Å². The van der Waals surface area contributed by atoms with Crippen LogP contribution in [0.4, 0.5) is 20.6 Å². The van der Waals surface area contributed by atoms with Gasteiger partial charge in [-0.05, 0) is 73.7 Å². The molecule has 0 saturated carbocycles. The van der Waals surface area contributed by atoms with E-state index < -0.39 is 0 Å². The third-order valence-corrected chi connectivity index (χ3v) is 5.83. The minimum atomic E-state index is -0.241. The summed E-state index contributed by atoms with van der Waals surface area (Å²) in [6.45, 7) is 2.46. The quantitative estimate of drug-likeness (QED) is 0.570. The number of carbonyl (C=O) groups is 1. The summed E-state index contributed by atoms with van der Waals surface area (Å²) < 4.78 is 13.7. The van der Waals surface area contributed by atoms with Crippen molar-refractivity contribution in [3.05, 3.63) is 65.6 Å². The Bertz CT molecular complexity index is 1020. The number of anilines is 2. The Morgan fingerprint density at radius 2 is 1.90 bits per heavy atom. The lowest BCUT2D eigenvalue weighted by molar-refractivity contribution is 0.250. The molecule has 1 fully saturated rings. The number of piperidine rings is 1. The second-order valence-electron chi connectivity index (χ2n) is 7.60. The van der Waals surface area contributed by atoms with Crippen molar-refractivity contribution in [1.82, 2.24) is 10.3 Å². The highest BCUT2D eigenvalue weighted by Crippen LogP contribution is 2.30. The molecule has 4 rings (SSSR count). The Balaban J connectivity index is 1.25. The monoisotopic (exact) mass is 426 g/mol. The maximum Gasteiger partial charge on any atom is 0.319 e. The molecule has 1 aliphatic rings. The fourth-order valence-electron chi connectivity index (χ4n) is 3.94. The van der Waals surface area contributed by atoms with Crippen LogP contribution in [-0.4, -0.2) is 30.6 Å². The van der Waals surface area contributed by atoms with Crippen LogP contribution in [0.15, 0.2) is 54.7 Å². The first kappa shape index (κ1) is 20.4. The van der Waals surface area contributed by atoms with Crippen molar-refractivity contribution in [2.75, 3.05) is 29.9 Å². The summed E-state index contributed by atoms with van der Waals surface area (Å²) in [6, 6.07) is 13.5. The Morgan fingerprint density at radius 1 is 1.13 bits per heavy atom. The molecule has 1 aliphatic heterocycles. The van der Waals surface area contributed by atoms with Gasteiger partial charge < -0.3 is 15.5 Å². The third kappa shape index (κ3) is 5.00. The van der Waals surface area contributed by atoms with E-state index in [4.69, 9.17) is 11.6 Å². The smallest absolute Gasteiger partial charge is 0.319 e. The summed E-state index contributed by atoms with van der Waals surface area (Å²) in [6.07, 6.45) is 4.80. The van der Waals surface area contributed by atoms with Crippen LogP contribution in [0.3, 0.4) is 0 Å². The summed E-state index contributed by atoms with van der Waals surface area (Å²) in [4.78, 5) is 18.7. The average molecular weight is 427 g/mol. The number of amides is 2. The highest BCUT2D eigenvalue weighted by Gasteiger charge is 2.21. The van der Waals surface area contributed by atoms with Crippen LogP contribution in [0.25, 0.3) is 10.9 Å². The molecule has 0 radical (unpaired) electrons. The molecule has 2 N–H and O–H groups in total. The van der Waals surface area contributed by atoms with E-state index in [9.17, 15) is 9.18 Å². The summed E-state index contributed by atoms with van der Waals surface area (Å²) in [5.74, 6) is 0.316. The van der Waals surface area contributed by atoms with E-state index in [1.807, 2.05) is 6.07 Å². The van der Waals surface area contributed by atoms with Gasteiger partial charge in [-0.3, -0.25) is 4.98 Å². The van der Waals surface area contributed by atoms with E-state index in [1.54, 1.807) is 42.6 Å². The second kappa shape index (κ2) is 9.30. The Labute approximate surface area is 180 Å². The van der Waals surface area contributed by atoms with Crippen molar-refractivity contribution < 1.29 is 9.18 Å². The first-order valence-corrected chi connectivity index (χ1v) is 10.6. The molecule has 0 atom stereocenters. The van der Waals surface area contributed by atoms with Gasteiger partial charge in [0.1, 0.15) is 5.82 Å². The van der Waals surface area contributed by atoms with Crippen LogP contribution in [0, 0.1) is 11.7 Å². The molecule has 30 heavy (non-hydrogen) atoms. The predicted octanol–water partition coefficient (Wildman–Crippen LogP) is 5.46. The Hall–Kier alpha value is -2.86. The van der Waals surface area contributed by atoms with E-state index in [2.05, 4.69) is 20.5 Å². The van der Waals surface area contributed by atoms with Gasteiger partial charge in [-0.15, -0.1) is 0 Å². The van der Waals surface area contributed by atoms with E-state index in [0.29, 0.717) is 23.2 Å². The van der Waals surface area contributed by atoms with E-state index in [-0.39, 0.29) is 11.8 Å². The fraction of sp³-hybridized carbons (Fsp3) is 0.304. The van der Waals surface area contributed by atoms with Gasteiger partial charge in [0.15, 0.2) is 0 Å². The van der Waals surface area contributed by atoms with Crippen molar-refractivity contribution in [1.29, 1.82) is 0 Å². The lowest BCUT2D eigenvalue weighted by Gasteiger charge is -2.34. The number of hydrogen-bond acceptors (Lipinski definition) is 3. The van der Waals surface area contributed by atoms with Crippen LogP contribution < -0.4 is 15.5 Å². The first-order valence-electron chi connectivity index (χ1n) is 10.2. The normalized spacial score (nSPS) is 14.7. The van der Waals surface area contributed by atoms with E-state index >= 15 is 0 Å². The maximum absolute atomic E-state index is 13.7. The van der Waals surface area contributed by atoms with Gasteiger partial charge >= 0.3 is 6.03 Å². The summed E-state index contributed by atoms with van der Waals surface area (Å²) in [7, 11) is 0. The van der Waals surface area contributed by atoms with Crippen molar-refractivity contribution in [2.45, 2.75) is 19.3 Å². The largest absolute Gasteiger partial charge is 0.371 e. The molecule has 2 aromatic carbocycles. The number of benzene rings is 2. The molecule has 1 aromatic heterocycles. The molecular formula is C23H24ClFN4O. The number of halogens is 2. The molecule has 0 aliphatic carbocycles. The molecule has 3 aromatic rings. The Morgan fingerprint density at radius 3 is 2.67 bits per heavy atom. The second-order valence-corrected chi connectivity index (χ2v) is 8.03. The standard InChI is InChI=1S/C23H24ClFN4O/c24-17-1-4-19(5-2-17)28-23(30)27-11-7-16-9-13-29(14-10-16)22-8-12-26-21-6-3-18(25)15-20(21)22/h1-6,8,12,15-16H,7,9-11,13-14H2,(H2,27,28,30). The number of nitrogens with zero attached hydrogens (tertiary/aromatic N) is 2. The van der Waals surface area contributed by atoms with Crippen molar-refractivity contribution in [2.24, 2.45) is 5.92 Å². The van der Waals surface area contributed by atoms with E-state index in [1.165, 1.54) is 6.07 Å². The molecular weight excluding hydrogens is 403 g/mol. The zero-order valence-electron chi connectivity index (χ0n) is 16.6. The Kier molecular flexibility index (Phi) is 6.33. The average Bonchev–Trinajstić information content (AvgIpc) is 2.75. The lowest BCUT2D eigenvalue weighted by atomic mass is 9.93. The number of urea groups is 1. The van der Waals surface area contributed by atoms with Crippen molar-refractivity contribution >= 4 is 39.9 Å². The van der Waals surface area contributed by atoms with Crippen LogP contribution in [0.5, 0.6) is 0 Å². The highest BCUT2D eigenvalue weighted by atomic mass is 35.5. The van der Waals surface area contributed by atoms with Gasteiger partial charge in [0.05, 0.1) is 5.52 Å². The van der Waals surface area contributed by atoms with Gasteiger partial charge in [0.2, 0.25) is 0 Å². The van der Waals surface area contributed by atoms with E-state index in [0.717, 1.165) is 48.9 Å². The number of pyridine rings is 1. The van der Waals surface area contributed by atoms with Crippen LogP contribution in [-0.2, 0) is 0 Å². The predicted molar refractivity (Wildman–Crippen MR) is 120 cm³/mol. The molecule has 2 heterocycles. The topological polar surface area (TPSA) is 57.3 Å². The zero-order valence-corrected chi connectivity index (χ0v) is 17.3. The SMILES string of the molecule is O=C(NCCC1CCN(c2ccnc3ccc(F)cc23)CC1)Nc1ccc(Cl)cc1. The lowest BCUT2D eigenvalue weighted by Crippen LogP contribution is -2.36. The van der Waals surface area contributed by atoms with Crippen LogP contribution in [0.2, 0.25) is 5.02 Å². The molecule has 0 unspecified atom stereocenters. The summed E-state index contributed by atoms with van der Waals surface area (Å²) >= 11 is 5.85.